The molecule has 0 saturated carbocycles. The minimum atomic E-state index is -1.16. The maximum atomic E-state index is 13.6. The van der Waals surface area contributed by atoms with Crippen LogP contribution in [0.5, 0.6) is 0 Å². The summed E-state index contributed by atoms with van der Waals surface area (Å²) >= 11 is 0. The lowest BCUT2D eigenvalue weighted by Crippen LogP contribution is -2.59. The molecule has 0 saturated heterocycles. The molecule has 0 fully saturated rings. The third-order valence-corrected chi connectivity index (χ3v) is 6.54. The van der Waals surface area contributed by atoms with Crippen LogP contribution >= 0.6 is 0 Å². The van der Waals surface area contributed by atoms with Crippen LogP contribution in [-0.2, 0) is 32.0 Å². The average molecular weight is 540 g/mol. The first-order valence-corrected chi connectivity index (χ1v) is 12.9. The number of carboxylic acid groups (broad SMARTS) is 1. The van der Waals surface area contributed by atoms with Crippen LogP contribution in [0.25, 0.3) is 10.9 Å². The van der Waals surface area contributed by atoms with E-state index in [-0.39, 0.29) is 24.7 Å². The molecular formula is C27H37N7O5. The van der Waals surface area contributed by atoms with Gasteiger partial charge in [-0.25, -0.2) is 9.78 Å². The minimum absolute atomic E-state index is 0.133. The highest BCUT2D eigenvalue weighted by Gasteiger charge is 2.33. The molecule has 3 amide bonds. The van der Waals surface area contributed by atoms with Crippen molar-refractivity contribution in [1.82, 2.24) is 30.9 Å². The van der Waals surface area contributed by atoms with E-state index >= 15 is 0 Å². The number of carbonyl (C=O) groups excluding carboxylic acids is 3. The zero-order valence-electron chi connectivity index (χ0n) is 22.5. The summed E-state index contributed by atoms with van der Waals surface area (Å²) in [4.78, 5) is 61.2. The Hall–Kier alpha value is -4.19. The van der Waals surface area contributed by atoms with Gasteiger partial charge in [0.25, 0.3) is 0 Å². The molecule has 4 unspecified atom stereocenters. The van der Waals surface area contributed by atoms with E-state index in [0.717, 1.165) is 16.5 Å². The van der Waals surface area contributed by atoms with E-state index in [4.69, 9.17) is 5.73 Å². The highest BCUT2D eigenvalue weighted by Crippen LogP contribution is 2.19. The number of aliphatic carboxylic acids is 1. The predicted molar refractivity (Wildman–Crippen MR) is 145 cm³/mol. The average Bonchev–Trinajstić information content (AvgIpc) is 3.54. The van der Waals surface area contributed by atoms with Crippen molar-refractivity contribution in [3.05, 3.63) is 54.2 Å². The molecule has 3 rings (SSSR count). The van der Waals surface area contributed by atoms with E-state index in [9.17, 15) is 24.3 Å². The van der Waals surface area contributed by atoms with Crippen molar-refractivity contribution in [3.63, 3.8) is 0 Å². The van der Waals surface area contributed by atoms with E-state index in [2.05, 4.69) is 30.9 Å². The molecule has 4 atom stereocenters. The Bertz CT molecular complexity index is 1280. The van der Waals surface area contributed by atoms with Crippen LogP contribution in [0, 0.1) is 11.8 Å². The summed E-state index contributed by atoms with van der Waals surface area (Å²) in [6, 6.07) is 3.42. The zero-order chi connectivity index (χ0) is 28.7. The smallest absolute Gasteiger partial charge is 0.326 e. The molecule has 12 nitrogen and oxygen atoms in total. The van der Waals surface area contributed by atoms with Crippen LogP contribution in [0.15, 0.2) is 43.0 Å². The summed E-state index contributed by atoms with van der Waals surface area (Å²) < 4.78 is 0. The number of fused-ring (bicyclic) bond motifs is 1. The fraction of sp³-hybridized carbons (Fsp3) is 0.444. The van der Waals surface area contributed by atoms with E-state index in [1.807, 2.05) is 24.3 Å². The lowest BCUT2D eigenvalue weighted by atomic mass is 9.98. The topological polar surface area (TPSA) is 195 Å². The molecule has 0 bridgehead atoms. The number of aromatic amines is 2. The number of aromatic nitrogens is 3. The van der Waals surface area contributed by atoms with Gasteiger partial charge in [-0.1, -0.05) is 45.9 Å². The normalized spacial score (nSPS) is 14.5. The van der Waals surface area contributed by atoms with Gasteiger partial charge in [0, 0.05) is 41.8 Å². The number of nitrogens with two attached hydrogens (primary N) is 1. The highest BCUT2D eigenvalue weighted by atomic mass is 16.4. The number of nitrogens with zero attached hydrogens (tertiary/aromatic N) is 1. The molecule has 2 aromatic heterocycles. The number of carbonyl (C=O) groups is 4. The predicted octanol–water partition coefficient (Wildman–Crippen LogP) is 0.855. The Labute approximate surface area is 226 Å². The van der Waals surface area contributed by atoms with Gasteiger partial charge in [0.05, 0.1) is 12.4 Å². The first-order chi connectivity index (χ1) is 18.5. The summed E-state index contributed by atoms with van der Waals surface area (Å²) in [6.07, 6.45) is 5.15. The molecule has 0 radical (unpaired) electrons. The molecule has 8 N–H and O–H groups in total. The molecule has 39 heavy (non-hydrogen) atoms. The SMILES string of the molecule is CC(C)C(NC(=O)C(NC(=O)C(Cc1c[nH]c2ccccc12)NC(=O)C(N)Cc1cnc[nH]1)C(C)C)C(=O)O. The highest BCUT2D eigenvalue weighted by molar-refractivity contribution is 5.95. The molecule has 0 spiro atoms. The third kappa shape index (κ3) is 7.66. The fourth-order valence-electron chi connectivity index (χ4n) is 4.28. The van der Waals surface area contributed by atoms with Gasteiger partial charge in [-0.05, 0) is 23.5 Å². The quantitative estimate of drug-likeness (QED) is 0.167. The largest absolute Gasteiger partial charge is 0.480 e. The Morgan fingerprint density at radius 2 is 1.56 bits per heavy atom. The van der Waals surface area contributed by atoms with Gasteiger partial charge in [-0.3, -0.25) is 14.4 Å². The second kappa shape index (κ2) is 13.1. The summed E-state index contributed by atoms with van der Waals surface area (Å²) in [7, 11) is 0. The minimum Gasteiger partial charge on any atom is -0.480 e. The monoisotopic (exact) mass is 539 g/mol. The van der Waals surface area contributed by atoms with Crippen molar-refractivity contribution in [2.45, 2.75) is 64.7 Å². The number of para-hydroxylation sites is 1. The second-order valence-corrected chi connectivity index (χ2v) is 10.3. The molecular weight excluding hydrogens is 502 g/mol. The Morgan fingerprint density at radius 3 is 2.18 bits per heavy atom. The van der Waals surface area contributed by atoms with Crippen molar-refractivity contribution in [1.29, 1.82) is 0 Å². The van der Waals surface area contributed by atoms with Gasteiger partial charge in [-0.2, -0.15) is 0 Å². The molecule has 0 aliphatic rings. The van der Waals surface area contributed by atoms with Gasteiger partial charge < -0.3 is 36.8 Å². The Kier molecular flexibility index (Phi) is 9.83. The van der Waals surface area contributed by atoms with Crippen molar-refractivity contribution < 1.29 is 24.3 Å². The molecule has 0 aliphatic carbocycles. The lowest BCUT2D eigenvalue weighted by molar-refractivity contribution is -0.143. The Balaban J connectivity index is 1.82. The number of rotatable bonds is 13. The van der Waals surface area contributed by atoms with Gasteiger partial charge in [-0.15, -0.1) is 0 Å². The maximum absolute atomic E-state index is 13.6. The number of amides is 3. The van der Waals surface area contributed by atoms with Crippen molar-refractivity contribution in [2.24, 2.45) is 17.6 Å². The van der Waals surface area contributed by atoms with Crippen LogP contribution in [0.1, 0.15) is 39.0 Å². The van der Waals surface area contributed by atoms with Crippen LogP contribution in [-0.4, -0.2) is 67.9 Å². The standard InChI is InChI=1S/C27H37N7O5/c1-14(2)22(26(37)34-23(15(3)4)27(38)39)33-25(36)21(9-16-11-30-20-8-6-5-7-18(16)20)32-24(35)19(28)10-17-12-29-13-31-17/h5-8,11-15,19,21-23,30H,9-10,28H2,1-4H3,(H,29,31)(H,32,35)(H,33,36)(H,34,37)(H,38,39). The molecule has 12 heteroatoms. The molecule has 0 aliphatic heterocycles. The number of nitrogens with one attached hydrogen (secondary N) is 5. The number of H-pyrrole nitrogens is 2. The molecule has 2 heterocycles. The van der Waals surface area contributed by atoms with E-state index in [0.29, 0.717) is 5.69 Å². The number of hydrogen-bond donors (Lipinski definition) is 7. The zero-order valence-corrected chi connectivity index (χ0v) is 22.5. The summed E-state index contributed by atoms with van der Waals surface area (Å²) in [5, 5.41) is 18.4. The molecule has 210 valence electrons. The van der Waals surface area contributed by atoms with Crippen molar-refractivity contribution in [2.75, 3.05) is 0 Å². The second-order valence-electron chi connectivity index (χ2n) is 10.3. The number of hydrogen-bond acceptors (Lipinski definition) is 6. The van der Waals surface area contributed by atoms with Crippen LogP contribution in [0.2, 0.25) is 0 Å². The van der Waals surface area contributed by atoms with Gasteiger partial charge >= 0.3 is 5.97 Å². The van der Waals surface area contributed by atoms with Crippen LogP contribution < -0.4 is 21.7 Å². The van der Waals surface area contributed by atoms with Crippen molar-refractivity contribution in [3.8, 4) is 0 Å². The van der Waals surface area contributed by atoms with Gasteiger partial charge in [0.1, 0.15) is 18.1 Å². The van der Waals surface area contributed by atoms with Crippen LogP contribution in [0.3, 0.4) is 0 Å². The van der Waals surface area contributed by atoms with Crippen LogP contribution in [0.4, 0.5) is 0 Å². The number of imidazole rings is 1. The number of carboxylic acids is 1. The first kappa shape index (κ1) is 29.4. The first-order valence-electron chi connectivity index (χ1n) is 12.9. The van der Waals surface area contributed by atoms with E-state index < -0.39 is 47.9 Å². The molecule has 3 aromatic rings. The summed E-state index contributed by atoms with van der Waals surface area (Å²) in [6.45, 7) is 6.84. The maximum Gasteiger partial charge on any atom is 0.326 e. The summed E-state index contributed by atoms with van der Waals surface area (Å²) in [5.41, 5.74) is 8.46. The van der Waals surface area contributed by atoms with E-state index in [1.165, 1.54) is 6.33 Å². The fourth-order valence-corrected chi connectivity index (χ4v) is 4.28. The van der Waals surface area contributed by atoms with E-state index in [1.54, 1.807) is 40.1 Å². The molecule has 1 aromatic carbocycles. The lowest BCUT2D eigenvalue weighted by Gasteiger charge is -2.28. The van der Waals surface area contributed by atoms with Crippen molar-refractivity contribution >= 4 is 34.6 Å². The third-order valence-electron chi connectivity index (χ3n) is 6.54. The van der Waals surface area contributed by atoms with Gasteiger partial charge in [0.15, 0.2) is 0 Å². The van der Waals surface area contributed by atoms with Gasteiger partial charge in [0.2, 0.25) is 17.7 Å². The number of benzene rings is 1. The Morgan fingerprint density at radius 1 is 0.897 bits per heavy atom. The summed E-state index contributed by atoms with van der Waals surface area (Å²) in [5.74, 6) is -3.63.